The van der Waals surface area contributed by atoms with Gasteiger partial charge in [-0.2, -0.15) is 0 Å². The van der Waals surface area contributed by atoms with E-state index in [0.717, 1.165) is 29.2 Å². The van der Waals surface area contributed by atoms with Crippen LogP contribution in [0, 0.1) is 0 Å². The number of aromatic nitrogens is 1. The number of nitrogens with one attached hydrogen (secondary N) is 1. The van der Waals surface area contributed by atoms with Crippen molar-refractivity contribution in [1.82, 2.24) is 10.3 Å². The molecule has 1 amide bonds. The van der Waals surface area contributed by atoms with Gasteiger partial charge in [0, 0.05) is 36.3 Å². The summed E-state index contributed by atoms with van der Waals surface area (Å²) in [6.45, 7) is 5.68. The number of rotatable bonds is 2. The molecular formula is C14H20N4O. The zero-order valence-electron chi connectivity index (χ0n) is 11.4. The summed E-state index contributed by atoms with van der Waals surface area (Å²) < 4.78 is 0. The van der Waals surface area contributed by atoms with Crippen molar-refractivity contribution >= 4 is 11.7 Å². The van der Waals surface area contributed by atoms with Gasteiger partial charge in [0.1, 0.15) is 5.82 Å². The van der Waals surface area contributed by atoms with Crippen LogP contribution >= 0.6 is 0 Å². The predicted octanol–water partition coefficient (Wildman–Crippen LogP) is 1.33. The standard InChI is InChI=1S/C14H20N4O/c1-8-4-3-5-18(8)12-6-10-11(7-16-14(10)19)13(17-12)9(2)15/h6,8-9H,3-5,7,15H2,1-2H3,(H,16,19)/t8-,9-/m1/s1. The van der Waals surface area contributed by atoms with Crippen molar-refractivity contribution in [3.8, 4) is 0 Å². The number of carbonyl (C=O) groups is 1. The van der Waals surface area contributed by atoms with E-state index < -0.39 is 0 Å². The number of hydrogen-bond donors (Lipinski definition) is 2. The number of amides is 1. The molecule has 1 aromatic heterocycles. The lowest BCUT2D eigenvalue weighted by Gasteiger charge is -2.24. The van der Waals surface area contributed by atoms with E-state index in [4.69, 9.17) is 10.7 Å². The van der Waals surface area contributed by atoms with Gasteiger partial charge in [0.15, 0.2) is 0 Å². The molecule has 2 atom stereocenters. The minimum absolute atomic E-state index is 0.00704. The van der Waals surface area contributed by atoms with E-state index in [1.807, 2.05) is 13.0 Å². The zero-order chi connectivity index (χ0) is 13.6. The van der Waals surface area contributed by atoms with Crippen LogP contribution in [0.1, 0.15) is 54.3 Å². The normalized spacial score (nSPS) is 23.4. The van der Waals surface area contributed by atoms with Gasteiger partial charge in [-0.05, 0) is 32.8 Å². The number of fused-ring (bicyclic) bond motifs is 1. The molecule has 1 saturated heterocycles. The highest BCUT2D eigenvalue weighted by atomic mass is 16.1. The molecule has 5 heteroatoms. The van der Waals surface area contributed by atoms with E-state index in [2.05, 4.69) is 17.1 Å². The molecule has 1 fully saturated rings. The largest absolute Gasteiger partial charge is 0.354 e. The van der Waals surface area contributed by atoms with Crippen molar-refractivity contribution in [2.75, 3.05) is 11.4 Å². The van der Waals surface area contributed by atoms with Crippen molar-refractivity contribution in [3.63, 3.8) is 0 Å². The van der Waals surface area contributed by atoms with Gasteiger partial charge < -0.3 is 16.0 Å². The lowest BCUT2D eigenvalue weighted by atomic mass is 10.0. The van der Waals surface area contributed by atoms with Crippen LogP contribution in [-0.2, 0) is 6.54 Å². The highest BCUT2D eigenvalue weighted by Crippen LogP contribution is 2.30. The van der Waals surface area contributed by atoms with Gasteiger partial charge in [0.25, 0.3) is 5.91 Å². The Morgan fingerprint density at radius 3 is 3.00 bits per heavy atom. The Kier molecular flexibility index (Phi) is 2.93. The fourth-order valence-electron chi connectivity index (χ4n) is 3.03. The molecule has 3 rings (SSSR count). The quantitative estimate of drug-likeness (QED) is 0.841. The van der Waals surface area contributed by atoms with Gasteiger partial charge in [0.2, 0.25) is 0 Å². The summed E-state index contributed by atoms with van der Waals surface area (Å²) in [6.07, 6.45) is 2.36. The first-order valence-corrected chi connectivity index (χ1v) is 6.92. The van der Waals surface area contributed by atoms with Crippen molar-refractivity contribution in [3.05, 3.63) is 22.9 Å². The van der Waals surface area contributed by atoms with E-state index in [-0.39, 0.29) is 11.9 Å². The number of nitrogens with zero attached hydrogens (tertiary/aromatic N) is 2. The fourth-order valence-corrected chi connectivity index (χ4v) is 3.03. The highest BCUT2D eigenvalue weighted by Gasteiger charge is 2.29. The second-order valence-electron chi connectivity index (χ2n) is 5.55. The minimum Gasteiger partial charge on any atom is -0.354 e. The number of hydrogen-bond acceptors (Lipinski definition) is 4. The van der Waals surface area contributed by atoms with Crippen molar-refractivity contribution in [1.29, 1.82) is 0 Å². The Labute approximate surface area is 113 Å². The molecule has 0 bridgehead atoms. The van der Waals surface area contributed by atoms with Crippen molar-refractivity contribution in [2.45, 2.75) is 45.3 Å². The molecule has 0 aromatic carbocycles. The molecule has 3 heterocycles. The third kappa shape index (κ3) is 1.98. The summed E-state index contributed by atoms with van der Waals surface area (Å²) in [5.74, 6) is 0.889. The summed E-state index contributed by atoms with van der Waals surface area (Å²) in [4.78, 5) is 18.9. The predicted molar refractivity (Wildman–Crippen MR) is 74.1 cm³/mol. The van der Waals surface area contributed by atoms with Gasteiger partial charge in [-0.1, -0.05) is 0 Å². The maximum absolute atomic E-state index is 11.9. The van der Waals surface area contributed by atoms with Gasteiger partial charge >= 0.3 is 0 Å². The molecule has 0 aliphatic carbocycles. The summed E-state index contributed by atoms with van der Waals surface area (Å²) >= 11 is 0. The number of carbonyl (C=O) groups excluding carboxylic acids is 1. The van der Waals surface area contributed by atoms with E-state index in [1.54, 1.807) is 0 Å². The topological polar surface area (TPSA) is 71.2 Å². The van der Waals surface area contributed by atoms with Crippen LogP contribution in [0.25, 0.3) is 0 Å². The molecule has 2 aliphatic rings. The second kappa shape index (κ2) is 4.49. The number of pyridine rings is 1. The van der Waals surface area contributed by atoms with Crippen LogP contribution < -0.4 is 16.0 Å². The Balaban J connectivity index is 2.09. The first kappa shape index (κ1) is 12.4. The third-order valence-electron chi connectivity index (χ3n) is 4.09. The van der Waals surface area contributed by atoms with E-state index in [1.165, 1.54) is 12.8 Å². The highest BCUT2D eigenvalue weighted by molar-refractivity contribution is 5.99. The van der Waals surface area contributed by atoms with Crippen LogP contribution in [-0.4, -0.2) is 23.5 Å². The Bertz CT molecular complexity index is 526. The van der Waals surface area contributed by atoms with E-state index in [9.17, 15) is 4.79 Å². The van der Waals surface area contributed by atoms with E-state index in [0.29, 0.717) is 12.6 Å². The Morgan fingerprint density at radius 2 is 2.37 bits per heavy atom. The van der Waals surface area contributed by atoms with Crippen molar-refractivity contribution < 1.29 is 4.79 Å². The molecule has 19 heavy (non-hydrogen) atoms. The van der Waals surface area contributed by atoms with E-state index >= 15 is 0 Å². The molecule has 5 nitrogen and oxygen atoms in total. The molecule has 1 aromatic rings. The monoisotopic (exact) mass is 260 g/mol. The molecule has 0 unspecified atom stereocenters. The van der Waals surface area contributed by atoms with Gasteiger partial charge in [-0.25, -0.2) is 4.98 Å². The number of nitrogens with two attached hydrogens (primary N) is 1. The third-order valence-corrected chi connectivity index (χ3v) is 4.09. The lowest BCUT2D eigenvalue weighted by molar-refractivity contribution is 0.0965. The van der Waals surface area contributed by atoms with Crippen molar-refractivity contribution in [2.24, 2.45) is 5.73 Å². The average molecular weight is 260 g/mol. The molecule has 102 valence electrons. The Morgan fingerprint density at radius 1 is 1.58 bits per heavy atom. The Hall–Kier alpha value is -1.62. The zero-order valence-corrected chi connectivity index (χ0v) is 11.4. The summed E-state index contributed by atoms with van der Waals surface area (Å²) in [5, 5.41) is 2.86. The maximum Gasteiger partial charge on any atom is 0.252 e. The van der Waals surface area contributed by atoms with Gasteiger partial charge in [0.05, 0.1) is 5.69 Å². The van der Waals surface area contributed by atoms with Crippen LogP contribution in [0.2, 0.25) is 0 Å². The van der Waals surface area contributed by atoms with Gasteiger partial charge in [-0.3, -0.25) is 4.79 Å². The smallest absolute Gasteiger partial charge is 0.252 e. The second-order valence-corrected chi connectivity index (χ2v) is 5.55. The molecule has 0 radical (unpaired) electrons. The summed E-state index contributed by atoms with van der Waals surface area (Å²) in [6, 6.07) is 2.25. The molecule has 0 spiro atoms. The van der Waals surface area contributed by atoms with Crippen LogP contribution in [0.15, 0.2) is 6.07 Å². The summed E-state index contributed by atoms with van der Waals surface area (Å²) in [5.41, 5.74) is 8.58. The maximum atomic E-state index is 11.9. The van der Waals surface area contributed by atoms with Crippen LogP contribution in [0.5, 0.6) is 0 Å². The molecule has 3 N–H and O–H groups in total. The lowest BCUT2D eigenvalue weighted by Crippen LogP contribution is -2.28. The fraction of sp³-hybridized carbons (Fsp3) is 0.571. The summed E-state index contributed by atoms with van der Waals surface area (Å²) in [7, 11) is 0. The first-order valence-electron chi connectivity index (χ1n) is 6.92. The number of anilines is 1. The minimum atomic E-state index is -0.153. The SMILES string of the molecule is C[C@@H]1CCCN1c1cc2c(c([C@@H](C)N)n1)CNC2=O. The molecular weight excluding hydrogens is 240 g/mol. The average Bonchev–Trinajstić information content (AvgIpc) is 2.95. The molecule has 2 aliphatic heterocycles. The van der Waals surface area contributed by atoms with Gasteiger partial charge in [-0.15, -0.1) is 0 Å². The first-order chi connectivity index (χ1) is 9.08. The van der Waals surface area contributed by atoms with Crippen LogP contribution in [0.3, 0.4) is 0 Å². The molecule has 0 saturated carbocycles. The van der Waals surface area contributed by atoms with Crippen LogP contribution in [0.4, 0.5) is 5.82 Å².